The van der Waals surface area contributed by atoms with Gasteiger partial charge in [-0.1, -0.05) is 28.0 Å². The Balaban J connectivity index is 2.58. The number of benzene rings is 1. The summed E-state index contributed by atoms with van der Waals surface area (Å²) in [7, 11) is 1.71. The van der Waals surface area contributed by atoms with Crippen molar-refractivity contribution in [3.63, 3.8) is 0 Å². The van der Waals surface area contributed by atoms with Crippen molar-refractivity contribution in [3.8, 4) is 5.75 Å². The number of hydrogen-bond acceptors (Lipinski definition) is 4. The van der Waals surface area contributed by atoms with Gasteiger partial charge < -0.3 is 9.47 Å². The highest BCUT2D eigenvalue weighted by Crippen LogP contribution is 2.39. The van der Waals surface area contributed by atoms with E-state index in [9.17, 15) is 4.79 Å². The van der Waals surface area contributed by atoms with Crippen LogP contribution in [0.3, 0.4) is 0 Å². The Bertz CT molecular complexity index is 596. The molecule has 0 saturated heterocycles. The van der Waals surface area contributed by atoms with Gasteiger partial charge in [0.15, 0.2) is 0 Å². The van der Waals surface area contributed by atoms with Crippen LogP contribution in [0.25, 0.3) is 0 Å². The normalized spacial score (nSPS) is 13.5. The summed E-state index contributed by atoms with van der Waals surface area (Å²) < 4.78 is 11.3. The Morgan fingerprint density at radius 3 is 2.82 bits per heavy atom. The average molecular weight is 432 g/mol. The van der Waals surface area contributed by atoms with Gasteiger partial charge in [0, 0.05) is 16.9 Å². The number of cyclic esters (lactones) is 1. The summed E-state index contributed by atoms with van der Waals surface area (Å²) in [6.45, 7) is 7.21. The zero-order valence-electron chi connectivity index (χ0n) is 13.2. The van der Waals surface area contributed by atoms with E-state index in [2.05, 4.69) is 41.1 Å². The average Bonchev–Trinajstić information content (AvgIpc) is 2.90. The van der Waals surface area contributed by atoms with Crippen LogP contribution < -0.4 is 4.74 Å². The van der Waals surface area contributed by atoms with E-state index in [1.165, 1.54) is 11.1 Å². The number of ether oxygens (including phenoxy) is 2. The lowest BCUT2D eigenvalue weighted by molar-refractivity contribution is 0.0532. The number of hydrogen-bond donors (Lipinski definition) is 0. The lowest BCUT2D eigenvalue weighted by Crippen LogP contribution is -2.11. The van der Waals surface area contributed by atoms with Gasteiger partial charge in [-0.2, -0.15) is 0 Å². The molecule has 5 heteroatoms. The molecular weight excluding hydrogens is 411 g/mol. The Kier molecular flexibility index (Phi) is 6.62. The SMILES string of the molecule is C/C=C\Cc1c(CC)c(C)c2c(c1OCCSI)C(=O)OC2. The molecule has 1 aromatic rings. The molecule has 0 aliphatic carbocycles. The van der Waals surface area contributed by atoms with E-state index in [-0.39, 0.29) is 5.97 Å². The second kappa shape index (κ2) is 8.24. The third-order valence-corrected chi connectivity index (χ3v) is 5.58. The molecule has 0 fully saturated rings. The molecule has 1 heterocycles. The number of fused-ring (bicyclic) bond motifs is 1. The van der Waals surface area contributed by atoms with Crippen molar-refractivity contribution in [3.05, 3.63) is 40.0 Å². The number of halogens is 1. The third-order valence-electron chi connectivity index (χ3n) is 3.94. The largest absolute Gasteiger partial charge is 0.491 e. The third kappa shape index (κ3) is 3.45. The lowest BCUT2D eigenvalue weighted by atomic mass is 9.89. The summed E-state index contributed by atoms with van der Waals surface area (Å²) in [6.07, 6.45) is 5.86. The van der Waals surface area contributed by atoms with Crippen molar-refractivity contribution in [2.45, 2.75) is 40.2 Å². The molecule has 0 unspecified atom stereocenters. The molecule has 0 amide bonds. The minimum absolute atomic E-state index is 0.250. The summed E-state index contributed by atoms with van der Waals surface area (Å²) >= 11 is 2.26. The highest BCUT2D eigenvalue weighted by molar-refractivity contribution is 14.2. The number of carbonyl (C=O) groups excluding carboxylic acids is 1. The highest BCUT2D eigenvalue weighted by atomic mass is 127. The molecule has 1 aliphatic heterocycles. The van der Waals surface area contributed by atoms with Crippen molar-refractivity contribution >= 4 is 36.1 Å². The van der Waals surface area contributed by atoms with E-state index in [0.717, 1.165) is 35.5 Å². The van der Waals surface area contributed by atoms with Crippen molar-refractivity contribution < 1.29 is 14.3 Å². The van der Waals surface area contributed by atoms with Gasteiger partial charge in [0.25, 0.3) is 0 Å². The molecule has 1 aliphatic rings. The van der Waals surface area contributed by atoms with E-state index in [0.29, 0.717) is 18.8 Å². The lowest BCUT2D eigenvalue weighted by Gasteiger charge is -2.19. The predicted molar refractivity (Wildman–Crippen MR) is 100 cm³/mol. The standard InChI is InChI=1S/C17H21IO3S/c1-4-6-7-13-12(5-2)11(3)14-10-21-17(19)15(14)16(13)20-8-9-22-18/h4,6H,5,7-10H2,1-3H3/b6-4-. The van der Waals surface area contributed by atoms with E-state index in [1.807, 2.05) is 13.0 Å². The summed E-state index contributed by atoms with van der Waals surface area (Å²) in [5.74, 6) is 1.38. The van der Waals surface area contributed by atoms with Gasteiger partial charge in [-0.25, -0.2) is 4.79 Å². The van der Waals surface area contributed by atoms with Gasteiger partial charge in [-0.3, -0.25) is 0 Å². The van der Waals surface area contributed by atoms with Crippen LogP contribution in [0.5, 0.6) is 5.75 Å². The molecule has 0 aromatic heterocycles. The molecule has 0 atom stereocenters. The predicted octanol–water partition coefficient (Wildman–Crippen LogP) is 4.81. The van der Waals surface area contributed by atoms with E-state index < -0.39 is 0 Å². The quantitative estimate of drug-likeness (QED) is 0.268. The smallest absolute Gasteiger partial charge is 0.342 e. The zero-order chi connectivity index (χ0) is 16.1. The molecule has 22 heavy (non-hydrogen) atoms. The summed E-state index contributed by atoms with van der Waals surface area (Å²) in [5, 5.41) is 0. The summed E-state index contributed by atoms with van der Waals surface area (Å²) in [4.78, 5) is 12.2. The first kappa shape index (κ1) is 17.7. The van der Waals surface area contributed by atoms with Crippen molar-refractivity contribution in [2.24, 2.45) is 0 Å². The second-order valence-corrected chi connectivity index (χ2v) is 7.62. The van der Waals surface area contributed by atoms with Gasteiger partial charge in [0.05, 0.1) is 6.61 Å². The Morgan fingerprint density at radius 2 is 2.18 bits per heavy atom. The highest BCUT2D eigenvalue weighted by Gasteiger charge is 2.31. The minimum Gasteiger partial charge on any atom is -0.491 e. The van der Waals surface area contributed by atoms with Crippen LogP contribution >= 0.6 is 30.1 Å². The van der Waals surface area contributed by atoms with Gasteiger partial charge in [-0.15, -0.1) is 0 Å². The fourth-order valence-electron chi connectivity index (χ4n) is 2.89. The van der Waals surface area contributed by atoms with Crippen molar-refractivity contribution in [1.82, 2.24) is 0 Å². The monoisotopic (exact) mass is 432 g/mol. The molecule has 0 N–H and O–H groups in total. The van der Waals surface area contributed by atoms with Crippen LogP contribution in [-0.2, 0) is 24.2 Å². The molecule has 0 saturated carbocycles. The Morgan fingerprint density at radius 1 is 1.41 bits per heavy atom. The van der Waals surface area contributed by atoms with Crippen LogP contribution in [0.4, 0.5) is 0 Å². The van der Waals surface area contributed by atoms with Crippen LogP contribution in [0, 0.1) is 6.92 Å². The van der Waals surface area contributed by atoms with Gasteiger partial charge >= 0.3 is 5.97 Å². The fraction of sp³-hybridized carbons (Fsp3) is 0.471. The van der Waals surface area contributed by atoms with E-state index in [1.54, 1.807) is 8.93 Å². The fourth-order valence-corrected chi connectivity index (χ4v) is 3.58. The molecular formula is C17H21IO3S. The second-order valence-electron chi connectivity index (χ2n) is 5.13. The first-order chi connectivity index (χ1) is 10.7. The van der Waals surface area contributed by atoms with Gasteiger partial charge in [0.2, 0.25) is 0 Å². The number of allylic oxidation sites excluding steroid dienone is 2. The summed E-state index contributed by atoms with van der Waals surface area (Å²) in [5.41, 5.74) is 5.25. The van der Waals surface area contributed by atoms with Crippen molar-refractivity contribution in [1.29, 1.82) is 0 Å². The minimum atomic E-state index is -0.250. The molecule has 2 rings (SSSR count). The van der Waals surface area contributed by atoms with Crippen LogP contribution in [0.15, 0.2) is 12.2 Å². The first-order valence-electron chi connectivity index (χ1n) is 7.47. The molecule has 0 bridgehead atoms. The molecule has 120 valence electrons. The molecule has 3 nitrogen and oxygen atoms in total. The first-order valence-corrected chi connectivity index (χ1v) is 11.0. The molecule has 0 radical (unpaired) electrons. The van der Waals surface area contributed by atoms with Crippen molar-refractivity contribution in [2.75, 3.05) is 12.4 Å². The molecule has 1 aromatic carbocycles. The van der Waals surface area contributed by atoms with Gasteiger partial charge in [-0.05, 0) is 59.0 Å². The van der Waals surface area contributed by atoms with E-state index >= 15 is 0 Å². The number of esters is 1. The maximum absolute atomic E-state index is 12.2. The maximum Gasteiger partial charge on any atom is 0.342 e. The van der Waals surface area contributed by atoms with Crippen LogP contribution in [-0.4, -0.2) is 18.3 Å². The Hall–Kier alpha value is -0.690. The molecule has 0 spiro atoms. The Labute approximate surface area is 148 Å². The zero-order valence-corrected chi connectivity index (χ0v) is 16.2. The number of rotatable bonds is 7. The summed E-state index contributed by atoms with van der Waals surface area (Å²) in [6, 6.07) is 0. The maximum atomic E-state index is 12.2. The van der Waals surface area contributed by atoms with Crippen LogP contribution in [0.1, 0.15) is 46.5 Å². The van der Waals surface area contributed by atoms with Crippen LogP contribution in [0.2, 0.25) is 0 Å². The number of carbonyl (C=O) groups is 1. The topological polar surface area (TPSA) is 35.5 Å². The van der Waals surface area contributed by atoms with E-state index in [4.69, 9.17) is 9.47 Å². The van der Waals surface area contributed by atoms with Gasteiger partial charge in [0.1, 0.15) is 17.9 Å².